The number of sulfonamides is 1. The average Bonchev–Trinajstić information content (AvgIpc) is 3.64. The fourth-order valence-corrected chi connectivity index (χ4v) is 10.2. The number of hydrogen-bond donors (Lipinski definition) is 2. The predicted octanol–water partition coefficient (Wildman–Crippen LogP) is 9.22. The highest BCUT2D eigenvalue weighted by atomic mass is 35.5. The Labute approximate surface area is 328 Å². The zero-order valence-electron chi connectivity index (χ0n) is 30.1. The highest BCUT2D eigenvalue weighted by molar-refractivity contribution is 7.90. The van der Waals surface area contributed by atoms with E-state index in [9.17, 15) is 13.2 Å². The molecule has 1 aliphatic carbocycles. The van der Waals surface area contributed by atoms with Gasteiger partial charge in [-0.3, -0.25) is 0 Å². The molecule has 54 heavy (non-hydrogen) atoms. The molecular weight excluding hydrogens is 769 g/mol. The van der Waals surface area contributed by atoms with E-state index in [2.05, 4.69) is 15.4 Å². The second kappa shape index (κ2) is 14.6. The first-order valence-electron chi connectivity index (χ1n) is 18.1. The summed E-state index contributed by atoms with van der Waals surface area (Å²) in [7, 11) is -4.13. The van der Waals surface area contributed by atoms with Gasteiger partial charge in [-0.2, -0.15) is 0 Å². The van der Waals surface area contributed by atoms with Gasteiger partial charge in [0.15, 0.2) is 5.13 Å². The number of piperidine rings is 1. The van der Waals surface area contributed by atoms with E-state index in [0.29, 0.717) is 46.4 Å². The maximum absolute atomic E-state index is 12.8. The zero-order valence-corrected chi connectivity index (χ0v) is 33.2. The number of carbonyl (C=O) groups excluding carboxylic acids is 1. The van der Waals surface area contributed by atoms with Crippen molar-refractivity contribution in [1.82, 2.24) is 20.2 Å². The first kappa shape index (κ1) is 37.1. The van der Waals surface area contributed by atoms with E-state index in [0.717, 1.165) is 82.0 Å². The average molecular weight is 811 g/mol. The molecule has 3 aliphatic rings. The molecule has 2 unspecified atom stereocenters. The molecule has 0 radical (unpaired) electrons. The first-order chi connectivity index (χ1) is 25.8. The van der Waals surface area contributed by atoms with Crippen LogP contribution in [0.15, 0.2) is 70.1 Å². The number of nitrogens with zero attached hydrogens (tertiary/aromatic N) is 3. The Morgan fingerprint density at radius 1 is 1.00 bits per heavy atom. The van der Waals surface area contributed by atoms with Crippen LogP contribution in [0.1, 0.15) is 82.1 Å². The van der Waals surface area contributed by atoms with Crippen molar-refractivity contribution in [3.05, 3.63) is 87.6 Å². The summed E-state index contributed by atoms with van der Waals surface area (Å²) in [6.07, 6.45) is 5.33. The molecule has 1 amide bonds. The number of halogens is 2. The number of aromatic nitrogens is 2. The van der Waals surface area contributed by atoms with Crippen LogP contribution in [0.5, 0.6) is 5.75 Å². The number of fused-ring (bicyclic) bond motifs is 3. The van der Waals surface area contributed by atoms with Crippen LogP contribution in [0.3, 0.4) is 0 Å². The second-order valence-corrected chi connectivity index (χ2v) is 18.8. The van der Waals surface area contributed by atoms with E-state index in [-0.39, 0.29) is 11.5 Å². The molecule has 2 bridgehead atoms. The van der Waals surface area contributed by atoms with Gasteiger partial charge in [0.05, 0.1) is 25.2 Å². The fourth-order valence-electron chi connectivity index (χ4n) is 7.53. The molecule has 2 saturated heterocycles. The van der Waals surface area contributed by atoms with Crippen LogP contribution >= 0.6 is 34.5 Å². The molecule has 8 rings (SSSR count). The van der Waals surface area contributed by atoms with Gasteiger partial charge in [-0.15, -0.1) is 0 Å². The molecule has 11 nitrogen and oxygen atoms in total. The van der Waals surface area contributed by atoms with Crippen molar-refractivity contribution in [1.29, 1.82) is 0 Å². The largest absolute Gasteiger partial charge is 0.488 e. The standard InChI is InChI=1S/C39H41Cl2N5O6S2/c1-39(2,3)51-27-12-14-28(15-13-27)54(48,49)45-38(47)50-21-22-7-16-32-33(17-22)53-37(43-32)46-25-10-11-26(46)19-24(18-25)42-20-29-35(44-52-36(29)23-8-9-23)34-30(40)5-4-6-31(34)41/h4-7,12-17,23-26,42H,8-11,18-21H2,1-3H3,(H,45,47). The van der Waals surface area contributed by atoms with E-state index >= 15 is 0 Å². The van der Waals surface area contributed by atoms with Gasteiger partial charge in [0.2, 0.25) is 0 Å². The van der Waals surface area contributed by atoms with Gasteiger partial charge in [0, 0.05) is 41.7 Å². The molecule has 1 saturated carbocycles. The Balaban J connectivity index is 0.886. The van der Waals surface area contributed by atoms with Gasteiger partial charge in [0.25, 0.3) is 10.0 Å². The van der Waals surface area contributed by atoms with Crippen LogP contribution in [0.4, 0.5) is 9.93 Å². The third-order valence-electron chi connectivity index (χ3n) is 10.1. The summed E-state index contributed by atoms with van der Waals surface area (Å²) in [4.78, 5) is 20.0. The Kier molecular flexibility index (Phi) is 10.1. The van der Waals surface area contributed by atoms with Gasteiger partial charge >= 0.3 is 6.09 Å². The quantitative estimate of drug-likeness (QED) is 0.133. The van der Waals surface area contributed by atoms with E-state index in [1.807, 2.05) is 61.9 Å². The van der Waals surface area contributed by atoms with Crippen molar-refractivity contribution < 1.29 is 27.2 Å². The lowest BCUT2D eigenvalue weighted by atomic mass is 9.97. The van der Waals surface area contributed by atoms with Crippen LogP contribution in [-0.2, 0) is 27.9 Å². The Hall–Kier alpha value is -3.88. The molecule has 3 fully saturated rings. The summed E-state index contributed by atoms with van der Waals surface area (Å²) in [6.45, 7) is 6.23. The topological polar surface area (TPSA) is 136 Å². The number of thiazole rings is 1. The molecule has 2 aromatic heterocycles. The highest BCUT2D eigenvalue weighted by Crippen LogP contribution is 2.47. The lowest BCUT2D eigenvalue weighted by molar-refractivity contribution is 0.131. The SMILES string of the molecule is CC(C)(C)Oc1ccc(S(=O)(=O)NC(=O)OCc2ccc3nc(N4C5CCC4CC(NCc4c(-c6c(Cl)cccc6Cl)noc4C4CC4)C5)sc3c2)cc1. The maximum Gasteiger partial charge on any atom is 0.421 e. The number of ether oxygens (including phenoxy) is 2. The number of amides is 1. The number of carbonyl (C=O) groups is 1. The molecule has 284 valence electrons. The van der Waals surface area contributed by atoms with Crippen LogP contribution in [0, 0.1) is 0 Å². The third-order valence-corrected chi connectivity index (χ3v) is 13.1. The Morgan fingerprint density at radius 2 is 1.70 bits per heavy atom. The van der Waals surface area contributed by atoms with Crippen LogP contribution < -0.4 is 19.7 Å². The van der Waals surface area contributed by atoms with Crippen molar-refractivity contribution >= 4 is 66.0 Å². The maximum atomic E-state index is 12.8. The van der Waals surface area contributed by atoms with Crippen molar-refractivity contribution in [2.24, 2.45) is 0 Å². The molecule has 4 heterocycles. The number of rotatable bonds is 11. The molecular formula is C39H41Cl2N5O6S2. The van der Waals surface area contributed by atoms with E-state index < -0.39 is 21.7 Å². The van der Waals surface area contributed by atoms with E-state index in [1.54, 1.807) is 23.5 Å². The van der Waals surface area contributed by atoms with Gasteiger partial charge in [-0.05, 0) is 113 Å². The second-order valence-electron chi connectivity index (χ2n) is 15.3. The summed E-state index contributed by atoms with van der Waals surface area (Å²) in [5.41, 5.74) is 3.66. The highest BCUT2D eigenvalue weighted by Gasteiger charge is 2.42. The summed E-state index contributed by atoms with van der Waals surface area (Å²) < 4.78 is 45.5. The minimum atomic E-state index is -4.13. The Morgan fingerprint density at radius 3 is 2.37 bits per heavy atom. The van der Waals surface area contributed by atoms with Gasteiger partial charge in [0.1, 0.15) is 29.4 Å². The minimum Gasteiger partial charge on any atom is -0.488 e. The summed E-state index contributed by atoms with van der Waals surface area (Å²) in [5.74, 6) is 1.86. The van der Waals surface area contributed by atoms with Crippen LogP contribution in [0.25, 0.3) is 21.5 Å². The predicted molar refractivity (Wildman–Crippen MR) is 210 cm³/mol. The molecule has 3 aromatic carbocycles. The third kappa shape index (κ3) is 7.92. The van der Waals surface area contributed by atoms with Crippen LogP contribution in [0.2, 0.25) is 10.0 Å². The molecule has 2 atom stereocenters. The van der Waals surface area contributed by atoms with Gasteiger partial charge in [-0.25, -0.2) is 22.9 Å². The van der Waals surface area contributed by atoms with Gasteiger partial charge in [-0.1, -0.05) is 51.8 Å². The van der Waals surface area contributed by atoms with Crippen molar-refractivity contribution in [3.8, 4) is 17.0 Å². The summed E-state index contributed by atoms with van der Waals surface area (Å²) in [5, 5.41) is 10.4. The smallest absolute Gasteiger partial charge is 0.421 e. The number of benzene rings is 3. The summed E-state index contributed by atoms with van der Waals surface area (Å²) >= 11 is 14.8. The molecule has 15 heteroatoms. The normalized spacial score (nSPS) is 20.0. The van der Waals surface area contributed by atoms with E-state index in [4.69, 9.17) is 42.2 Å². The number of anilines is 1. The monoisotopic (exact) mass is 809 g/mol. The zero-order chi connectivity index (χ0) is 37.8. The van der Waals surface area contributed by atoms with Crippen LogP contribution in [-0.4, -0.2) is 48.4 Å². The van der Waals surface area contributed by atoms with Crippen molar-refractivity contribution in [2.45, 2.75) is 107 Å². The summed E-state index contributed by atoms with van der Waals surface area (Å²) in [6, 6.07) is 18.1. The van der Waals surface area contributed by atoms with Crippen molar-refractivity contribution in [2.75, 3.05) is 4.90 Å². The Bertz CT molecular complexity index is 2270. The molecule has 2 N–H and O–H groups in total. The van der Waals surface area contributed by atoms with Crippen molar-refractivity contribution in [3.63, 3.8) is 0 Å². The molecule has 5 aromatic rings. The minimum absolute atomic E-state index is 0.0704. The number of hydrogen-bond acceptors (Lipinski definition) is 11. The van der Waals surface area contributed by atoms with E-state index in [1.165, 1.54) is 12.1 Å². The molecule has 2 aliphatic heterocycles. The fraction of sp³-hybridized carbons (Fsp3) is 0.410. The molecule has 0 spiro atoms. The lowest BCUT2D eigenvalue weighted by Gasteiger charge is -2.39. The lowest BCUT2D eigenvalue weighted by Crippen LogP contribution is -2.49. The first-order valence-corrected chi connectivity index (χ1v) is 21.2. The number of nitrogens with one attached hydrogen (secondary N) is 2. The van der Waals surface area contributed by atoms with Gasteiger partial charge < -0.3 is 24.2 Å².